The highest BCUT2D eigenvalue weighted by Gasteiger charge is 2.12. The minimum atomic E-state index is -0.545. The minimum absolute atomic E-state index is 0.0735. The van der Waals surface area contributed by atoms with E-state index in [2.05, 4.69) is 21.1 Å². The third-order valence-corrected chi connectivity index (χ3v) is 2.37. The molecule has 0 bridgehead atoms. The topological polar surface area (TPSA) is 64.4 Å². The molecule has 18 heavy (non-hydrogen) atoms. The standard InChI is InChI=1S/C13H14N2O3/c1-8-4-9(2)6-10(5-8)15-13-14-7-11(18-13)12(16)17-3/h4-7H,1-3H3,(H,14,15). The Hall–Kier alpha value is -2.30. The van der Waals surface area contributed by atoms with Gasteiger partial charge in [0, 0.05) is 5.69 Å². The molecule has 0 saturated carbocycles. The normalized spacial score (nSPS) is 10.2. The van der Waals surface area contributed by atoms with Crippen LogP contribution in [0.2, 0.25) is 0 Å². The van der Waals surface area contributed by atoms with E-state index < -0.39 is 5.97 Å². The van der Waals surface area contributed by atoms with Crippen LogP contribution in [0.15, 0.2) is 28.8 Å². The summed E-state index contributed by atoms with van der Waals surface area (Å²) < 4.78 is 9.76. The van der Waals surface area contributed by atoms with Gasteiger partial charge in [0.1, 0.15) is 0 Å². The van der Waals surface area contributed by atoms with Gasteiger partial charge in [-0.25, -0.2) is 9.78 Å². The van der Waals surface area contributed by atoms with Crippen molar-refractivity contribution in [3.8, 4) is 0 Å². The van der Waals surface area contributed by atoms with E-state index in [4.69, 9.17) is 4.42 Å². The molecule has 2 aromatic rings. The van der Waals surface area contributed by atoms with E-state index >= 15 is 0 Å². The quantitative estimate of drug-likeness (QED) is 0.843. The van der Waals surface area contributed by atoms with Crippen molar-refractivity contribution in [1.82, 2.24) is 4.98 Å². The molecule has 0 radical (unpaired) electrons. The van der Waals surface area contributed by atoms with Gasteiger partial charge in [-0.15, -0.1) is 0 Å². The molecule has 0 unspecified atom stereocenters. The highest BCUT2D eigenvalue weighted by Crippen LogP contribution is 2.19. The van der Waals surface area contributed by atoms with Crippen LogP contribution in [0.5, 0.6) is 0 Å². The maximum absolute atomic E-state index is 11.2. The van der Waals surface area contributed by atoms with Crippen LogP contribution in [-0.4, -0.2) is 18.1 Å². The van der Waals surface area contributed by atoms with Gasteiger partial charge in [-0.05, 0) is 37.1 Å². The maximum Gasteiger partial charge on any atom is 0.375 e. The Morgan fingerprint density at radius 3 is 2.56 bits per heavy atom. The zero-order chi connectivity index (χ0) is 13.1. The third-order valence-electron chi connectivity index (χ3n) is 2.37. The number of aryl methyl sites for hydroxylation is 2. The number of benzene rings is 1. The molecule has 0 spiro atoms. The first-order chi connectivity index (χ1) is 8.58. The van der Waals surface area contributed by atoms with Crippen molar-refractivity contribution in [1.29, 1.82) is 0 Å². The van der Waals surface area contributed by atoms with Crippen molar-refractivity contribution >= 4 is 17.7 Å². The lowest BCUT2D eigenvalue weighted by atomic mass is 10.1. The van der Waals surface area contributed by atoms with E-state index in [0.29, 0.717) is 0 Å². The first-order valence-corrected chi connectivity index (χ1v) is 5.48. The molecule has 0 aliphatic rings. The Kier molecular flexibility index (Phi) is 3.32. The van der Waals surface area contributed by atoms with Gasteiger partial charge in [-0.2, -0.15) is 0 Å². The summed E-state index contributed by atoms with van der Waals surface area (Å²) in [5.41, 5.74) is 3.14. The molecule has 5 heteroatoms. The first-order valence-electron chi connectivity index (χ1n) is 5.48. The summed E-state index contributed by atoms with van der Waals surface area (Å²) in [6, 6.07) is 6.27. The number of esters is 1. The zero-order valence-corrected chi connectivity index (χ0v) is 10.5. The number of hydrogen-bond donors (Lipinski definition) is 1. The highest BCUT2D eigenvalue weighted by molar-refractivity contribution is 5.86. The number of methoxy groups -OCH3 is 1. The minimum Gasteiger partial charge on any atom is -0.463 e. The number of rotatable bonds is 3. The number of anilines is 2. The average Bonchev–Trinajstić information content (AvgIpc) is 2.75. The summed E-state index contributed by atoms with van der Waals surface area (Å²) in [5, 5.41) is 3.00. The summed E-state index contributed by atoms with van der Waals surface area (Å²) >= 11 is 0. The van der Waals surface area contributed by atoms with Crippen LogP contribution in [0.3, 0.4) is 0 Å². The van der Waals surface area contributed by atoms with E-state index in [-0.39, 0.29) is 11.8 Å². The van der Waals surface area contributed by atoms with E-state index in [1.165, 1.54) is 13.3 Å². The second kappa shape index (κ2) is 4.91. The summed E-state index contributed by atoms with van der Waals surface area (Å²) in [6.07, 6.45) is 1.33. The second-order valence-electron chi connectivity index (χ2n) is 4.02. The second-order valence-corrected chi connectivity index (χ2v) is 4.02. The van der Waals surface area contributed by atoms with Crippen molar-refractivity contribution in [2.75, 3.05) is 12.4 Å². The molecule has 0 aliphatic carbocycles. The lowest BCUT2D eigenvalue weighted by Crippen LogP contribution is -1.98. The average molecular weight is 246 g/mol. The Morgan fingerprint density at radius 2 is 1.94 bits per heavy atom. The molecule has 1 aromatic carbocycles. The maximum atomic E-state index is 11.2. The van der Waals surface area contributed by atoms with Gasteiger partial charge >= 0.3 is 5.97 Å². The van der Waals surface area contributed by atoms with E-state index in [1.807, 2.05) is 26.0 Å². The van der Waals surface area contributed by atoms with Crippen LogP contribution >= 0.6 is 0 Å². The van der Waals surface area contributed by atoms with Gasteiger partial charge < -0.3 is 14.5 Å². The number of carbonyl (C=O) groups is 1. The van der Waals surface area contributed by atoms with E-state index in [0.717, 1.165) is 16.8 Å². The summed E-state index contributed by atoms with van der Waals surface area (Å²) in [4.78, 5) is 15.2. The molecule has 1 aromatic heterocycles. The lowest BCUT2D eigenvalue weighted by molar-refractivity contribution is 0.0566. The van der Waals surface area contributed by atoms with Crippen LogP contribution in [0.1, 0.15) is 21.7 Å². The molecule has 0 fully saturated rings. The van der Waals surface area contributed by atoms with Gasteiger partial charge in [0.2, 0.25) is 5.76 Å². The fraction of sp³-hybridized carbons (Fsp3) is 0.231. The lowest BCUT2D eigenvalue weighted by Gasteiger charge is -2.04. The van der Waals surface area contributed by atoms with Gasteiger partial charge in [0.05, 0.1) is 13.3 Å². The summed E-state index contributed by atoms with van der Waals surface area (Å²) in [7, 11) is 1.29. The van der Waals surface area contributed by atoms with E-state index in [9.17, 15) is 4.79 Å². The third kappa shape index (κ3) is 2.68. The zero-order valence-electron chi connectivity index (χ0n) is 10.5. The molecular weight excluding hydrogens is 232 g/mol. The Bertz CT molecular complexity index is 555. The van der Waals surface area contributed by atoms with Crippen LogP contribution < -0.4 is 5.32 Å². The van der Waals surface area contributed by atoms with Crippen molar-refractivity contribution in [3.05, 3.63) is 41.3 Å². The fourth-order valence-corrected chi connectivity index (χ4v) is 1.70. The van der Waals surface area contributed by atoms with Crippen LogP contribution in [-0.2, 0) is 4.74 Å². The first kappa shape index (κ1) is 12.2. The summed E-state index contributed by atoms with van der Waals surface area (Å²) in [5.74, 6) is -0.472. The van der Waals surface area contributed by atoms with Crippen LogP contribution in [0.25, 0.3) is 0 Å². The number of nitrogens with one attached hydrogen (secondary N) is 1. The van der Waals surface area contributed by atoms with Crippen LogP contribution in [0.4, 0.5) is 11.7 Å². The molecular formula is C13H14N2O3. The number of carbonyl (C=O) groups excluding carboxylic acids is 1. The molecule has 2 rings (SSSR count). The predicted molar refractivity (Wildman–Crippen MR) is 67.0 cm³/mol. The molecule has 0 atom stereocenters. The van der Waals surface area contributed by atoms with Gasteiger partial charge in [-0.3, -0.25) is 0 Å². The smallest absolute Gasteiger partial charge is 0.375 e. The Labute approximate surface area is 105 Å². The van der Waals surface area contributed by atoms with Crippen molar-refractivity contribution in [3.63, 3.8) is 0 Å². The largest absolute Gasteiger partial charge is 0.463 e. The van der Waals surface area contributed by atoms with Gasteiger partial charge in [0.15, 0.2) is 0 Å². The SMILES string of the molecule is COC(=O)c1cnc(Nc2cc(C)cc(C)c2)o1. The molecule has 0 aliphatic heterocycles. The monoisotopic (exact) mass is 246 g/mol. The summed E-state index contributed by atoms with van der Waals surface area (Å²) in [6.45, 7) is 4.02. The number of ether oxygens (including phenoxy) is 1. The van der Waals surface area contributed by atoms with Gasteiger partial charge in [-0.1, -0.05) is 6.07 Å². The number of nitrogens with zero attached hydrogens (tertiary/aromatic N) is 1. The Balaban J connectivity index is 2.18. The van der Waals surface area contributed by atoms with E-state index in [1.54, 1.807) is 0 Å². The molecule has 0 saturated heterocycles. The fourth-order valence-electron chi connectivity index (χ4n) is 1.70. The molecule has 94 valence electrons. The Morgan fingerprint density at radius 1 is 1.28 bits per heavy atom. The van der Waals surface area contributed by atoms with Crippen molar-refractivity contribution < 1.29 is 13.9 Å². The molecule has 1 heterocycles. The predicted octanol–water partition coefficient (Wildman–Crippen LogP) is 2.82. The van der Waals surface area contributed by atoms with Crippen molar-refractivity contribution in [2.45, 2.75) is 13.8 Å². The van der Waals surface area contributed by atoms with Crippen molar-refractivity contribution in [2.24, 2.45) is 0 Å². The number of hydrogen-bond acceptors (Lipinski definition) is 5. The number of oxazole rings is 1. The van der Waals surface area contributed by atoms with Crippen LogP contribution in [0, 0.1) is 13.8 Å². The molecule has 5 nitrogen and oxygen atoms in total. The molecule has 0 amide bonds. The highest BCUT2D eigenvalue weighted by atomic mass is 16.5. The number of aromatic nitrogens is 1. The molecule has 1 N–H and O–H groups in total. The van der Waals surface area contributed by atoms with Gasteiger partial charge in [0.25, 0.3) is 6.01 Å².